The number of amides is 1. The van der Waals surface area contributed by atoms with Crippen LogP contribution < -0.4 is 0 Å². The molecule has 9 heteroatoms. The third-order valence-electron chi connectivity index (χ3n) is 4.81. The summed E-state index contributed by atoms with van der Waals surface area (Å²) in [5, 5.41) is 11.6. The number of hydrogen-bond acceptors (Lipinski definition) is 8. The van der Waals surface area contributed by atoms with Gasteiger partial charge in [0, 0.05) is 11.1 Å². The summed E-state index contributed by atoms with van der Waals surface area (Å²) in [5.74, 6) is -4.07. The fraction of sp³-hybridized carbons (Fsp3) is 0.400. The van der Waals surface area contributed by atoms with Crippen molar-refractivity contribution in [3.05, 3.63) is 47.0 Å². The molecule has 0 aliphatic carbocycles. The van der Waals surface area contributed by atoms with Crippen molar-refractivity contribution in [2.45, 2.75) is 32.0 Å². The van der Waals surface area contributed by atoms with Gasteiger partial charge in [-0.1, -0.05) is 18.2 Å². The monoisotopic (exact) mass is 403 g/mol. The van der Waals surface area contributed by atoms with Crippen molar-refractivity contribution < 1.29 is 38.5 Å². The molecule has 0 fully saturated rings. The Morgan fingerprint density at radius 2 is 1.52 bits per heavy atom. The lowest BCUT2D eigenvalue weighted by Gasteiger charge is -2.37. The molecule has 0 spiro atoms. The number of rotatable bonds is 6. The summed E-state index contributed by atoms with van der Waals surface area (Å²) in [6.45, 7) is 4.38. The van der Waals surface area contributed by atoms with Crippen molar-refractivity contribution in [3.63, 3.8) is 0 Å². The van der Waals surface area contributed by atoms with Crippen molar-refractivity contribution in [2.24, 2.45) is 0 Å². The Kier molecular flexibility index (Phi) is 5.18. The number of esters is 3. The summed E-state index contributed by atoms with van der Waals surface area (Å²) >= 11 is 0. The lowest BCUT2D eigenvalue weighted by molar-refractivity contribution is -0.179. The highest BCUT2D eigenvalue weighted by Gasteiger charge is 2.71. The molecule has 3 rings (SSSR count). The largest absolute Gasteiger partial charge is 0.464 e. The van der Waals surface area contributed by atoms with Crippen LogP contribution in [0.2, 0.25) is 0 Å². The highest BCUT2D eigenvalue weighted by Crippen LogP contribution is 2.52. The molecule has 2 aliphatic rings. The molecule has 0 unspecified atom stereocenters. The maximum absolute atomic E-state index is 13.2. The lowest BCUT2D eigenvalue weighted by Crippen LogP contribution is -2.62. The van der Waals surface area contributed by atoms with Gasteiger partial charge >= 0.3 is 17.9 Å². The summed E-state index contributed by atoms with van der Waals surface area (Å²) in [6.07, 6.45) is 0.912. The van der Waals surface area contributed by atoms with Gasteiger partial charge in [-0.15, -0.1) is 0 Å². The summed E-state index contributed by atoms with van der Waals surface area (Å²) in [5.41, 5.74) is -5.19. The van der Waals surface area contributed by atoms with Crippen LogP contribution in [-0.4, -0.2) is 59.2 Å². The molecular formula is C20H21NO8. The van der Waals surface area contributed by atoms with E-state index in [4.69, 9.17) is 14.2 Å². The Morgan fingerprint density at radius 3 is 2.07 bits per heavy atom. The fourth-order valence-corrected chi connectivity index (χ4v) is 3.69. The number of carbonyl (C=O) groups is 4. The van der Waals surface area contributed by atoms with Gasteiger partial charge in [-0.25, -0.2) is 14.4 Å². The first-order valence-electron chi connectivity index (χ1n) is 9.22. The van der Waals surface area contributed by atoms with Crippen molar-refractivity contribution in [2.75, 3.05) is 19.8 Å². The number of nitrogens with zero attached hydrogens (tertiary/aromatic N) is 1. The number of carbonyl (C=O) groups excluding carboxylic acids is 4. The molecule has 9 nitrogen and oxygen atoms in total. The van der Waals surface area contributed by atoms with E-state index in [1.54, 1.807) is 19.1 Å². The molecule has 2 aliphatic heterocycles. The molecule has 2 heterocycles. The van der Waals surface area contributed by atoms with Gasteiger partial charge in [0.1, 0.15) is 0 Å². The number of hydrogen-bond donors (Lipinski definition) is 1. The van der Waals surface area contributed by atoms with Gasteiger partial charge in [-0.2, -0.15) is 0 Å². The predicted molar refractivity (Wildman–Crippen MR) is 97.2 cm³/mol. The standard InChI is InChI=1S/C20H21NO8/c1-4-27-16(23)14-11-19(17(24)28-5-2,18(25)29-6-3)21-15(22)12-9-7-8-10-13(12)20(14,21)26/h7-11,26H,4-6H2,1-3H3/t20-/m0/s1. The second-order valence-corrected chi connectivity index (χ2v) is 6.34. The summed E-state index contributed by atoms with van der Waals surface area (Å²) in [6, 6.07) is 5.99. The highest BCUT2D eigenvalue weighted by atomic mass is 16.6. The van der Waals surface area contributed by atoms with Crippen LogP contribution >= 0.6 is 0 Å². The molecular weight excluding hydrogens is 382 g/mol. The van der Waals surface area contributed by atoms with Gasteiger partial charge in [0.25, 0.3) is 11.4 Å². The molecule has 29 heavy (non-hydrogen) atoms. The maximum Gasteiger partial charge on any atom is 0.348 e. The predicted octanol–water partition coefficient (Wildman–Crippen LogP) is 0.656. The Balaban J connectivity index is 2.33. The Morgan fingerprint density at radius 1 is 0.966 bits per heavy atom. The van der Waals surface area contributed by atoms with E-state index in [9.17, 15) is 24.3 Å². The first-order chi connectivity index (χ1) is 13.8. The number of fused-ring (bicyclic) bond motifs is 3. The number of aliphatic hydroxyl groups is 1. The van der Waals surface area contributed by atoms with Crippen molar-refractivity contribution in [3.8, 4) is 0 Å². The molecule has 0 bridgehead atoms. The third-order valence-corrected chi connectivity index (χ3v) is 4.81. The van der Waals surface area contributed by atoms with E-state index in [1.165, 1.54) is 26.0 Å². The van der Waals surface area contributed by atoms with Crippen LogP contribution in [-0.2, 0) is 34.3 Å². The van der Waals surface area contributed by atoms with Crippen molar-refractivity contribution in [1.29, 1.82) is 0 Å². The van der Waals surface area contributed by atoms with Crippen LogP contribution in [0, 0.1) is 0 Å². The molecule has 0 aromatic heterocycles. The van der Waals surface area contributed by atoms with Gasteiger partial charge in [0.2, 0.25) is 5.72 Å². The molecule has 1 aromatic carbocycles. The van der Waals surface area contributed by atoms with Gasteiger partial charge in [-0.05, 0) is 32.9 Å². The topological polar surface area (TPSA) is 119 Å². The zero-order valence-electron chi connectivity index (χ0n) is 16.3. The van der Waals surface area contributed by atoms with E-state index < -0.39 is 40.7 Å². The zero-order chi connectivity index (χ0) is 21.4. The van der Waals surface area contributed by atoms with Gasteiger partial charge < -0.3 is 19.3 Å². The molecule has 1 N–H and O–H groups in total. The quantitative estimate of drug-likeness (QED) is 0.418. The van der Waals surface area contributed by atoms with Gasteiger partial charge in [-0.3, -0.25) is 9.69 Å². The van der Waals surface area contributed by atoms with Crippen molar-refractivity contribution in [1.82, 2.24) is 4.90 Å². The molecule has 1 aromatic rings. The smallest absolute Gasteiger partial charge is 0.348 e. The van der Waals surface area contributed by atoms with Crippen LogP contribution in [0.1, 0.15) is 36.7 Å². The van der Waals surface area contributed by atoms with E-state index in [-0.39, 0.29) is 30.9 Å². The zero-order valence-corrected chi connectivity index (χ0v) is 16.3. The Labute approximate surface area is 166 Å². The number of ether oxygens (including phenoxy) is 3. The van der Waals surface area contributed by atoms with Crippen LogP contribution in [0.25, 0.3) is 0 Å². The first-order valence-corrected chi connectivity index (χ1v) is 9.22. The lowest BCUT2D eigenvalue weighted by atomic mass is 9.94. The van der Waals surface area contributed by atoms with Crippen LogP contribution in [0.5, 0.6) is 0 Å². The van der Waals surface area contributed by atoms with E-state index in [0.717, 1.165) is 6.08 Å². The van der Waals surface area contributed by atoms with Crippen molar-refractivity contribution >= 4 is 23.8 Å². The average molecular weight is 403 g/mol. The Hall–Kier alpha value is -3.20. The van der Waals surface area contributed by atoms with Gasteiger partial charge in [0.05, 0.1) is 25.4 Å². The van der Waals surface area contributed by atoms with Crippen LogP contribution in [0.3, 0.4) is 0 Å². The van der Waals surface area contributed by atoms with Crippen LogP contribution in [0.15, 0.2) is 35.9 Å². The minimum Gasteiger partial charge on any atom is -0.464 e. The molecule has 154 valence electrons. The normalized spacial score (nSPS) is 21.2. The second kappa shape index (κ2) is 7.32. The number of benzene rings is 1. The molecule has 0 radical (unpaired) electrons. The Bertz CT molecular complexity index is 903. The fourth-order valence-electron chi connectivity index (χ4n) is 3.69. The minimum absolute atomic E-state index is 0.0202. The third kappa shape index (κ3) is 2.65. The van der Waals surface area contributed by atoms with Crippen LogP contribution in [0.4, 0.5) is 0 Å². The van der Waals surface area contributed by atoms with E-state index >= 15 is 0 Å². The van der Waals surface area contributed by atoms with E-state index in [0.29, 0.717) is 4.90 Å². The summed E-state index contributed by atoms with van der Waals surface area (Å²) in [4.78, 5) is 52.5. The highest BCUT2D eigenvalue weighted by molar-refractivity contribution is 6.17. The maximum atomic E-state index is 13.2. The van der Waals surface area contributed by atoms with E-state index in [2.05, 4.69) is 0 Å². The second-order valence-electron chi connectivity index (χ2n) is 6.34. The van der Waals surface area contributed by atoms with Gasteiger partial charge in [0.15, 0.2) is 0 Å². The molecule has 1 atom stereocenters. The summed E-state index contributed by atoms with van der Waals surface area (Å²) in [7, 11) is 0. The first kappa shape index (κ1) is 20.5. The van der Waals surface area contributed by atoms with E-state index in [1.807, 2.05) is 0 Å². The molecule has 0 saturated carbocycles. The SMILES string of the molecule is CCOC(=O)C1=CC(C(=O)OCC)(C(=O)OCC)N2C(=O)c3ccccc3[C@]12O. The average Bonchev–Trinajstić information content (AvgIpc) is 3.11. The summed E-state index contributed by atoms with van der Waals surface area (Å²) < 4.78 is 15.1. The molecule has 1 amide bonds. The minimum atomic E-state index is -2.47. The molecule has 0 saturated heterocycles.